The topological polar surface area (TPSA) is 68.9 Å². The van der Waals surface area contributed by atoms with E-state index in [1.165, 1.54) is 9.78 Å². The summed E-state index contributed by atoms with van der Waals surface area (Å²) in [4.78, 5) is 13.2. The molecule has 0 aliphatic rings. The number of nitrogens with one attached hydrogen (secondary N) is 1. The largest absolute Gasteiger partial charge is 0.493 e. The number of fused-ring (bicyclic) bond motifs is 1. The maximum Gasteiger partial charge on any atom is 0.232 e. The predicted octanol–water partition coefficient (Wildman–Crippen LogP) is 3.03. The molecule has 0 bridgehead atoms. The summed E-state index contributed by atoms with van der Waals surface area (Å²) in [5.74, 6) is 2.49. The molecule has 6 nitrogen and oxygen atoms in total. The van der Waals surface area contributed by atoms with Gasteiger partial charge in [-0.25, -0.2) is 4.98 Å². The summed E-state index contributed by atoms with van der Waals surface area (Å²) < 4.78 is 11.7. The van der Waals surface area contributed by atoms with Crippen LogP contribution in [-0.2, 0) is 13.2 Å². The van der Waals surface area contributed by atoms with Crippen LogP contribution in [0.25, 0.3) is 10.2 Å². The van der Waals surface area contributed by atoms with E-state index in [-0.39, 0.29) is 6.61 Å². The molecule has 3 aromatic rings. The molecule has 0 saturated heterocycles. The zero-order valence-electron chi connectivity index (χ0n) is 17.1. The van der Waals surface area contributed by atoms with Crippen molar-refractivity contribution in [3.63, 3.8) is 0 Å². The Bertz CT molecular complexity index is 967. The summed E-state index contributed by atoms with van der Waals surface area (Å²) in [6.45, 7) is 11.3. The van der Waals surface area contributed by atoms with Crippen molar-refractivity contribution >= 4 is 21.6 Å². The van der Waals surface area contributed by atoms with Gasteiger partial charge in [0.2, 0.25) is 5.88 Å². The standard InChI is InChI=1S/C21H27N3O3S/c1-6-24(7-2)11-18-22-20(19-13(3)14(4)28-21(19)23-18)27-16-9-8-15(12-25)10-17(16)26-5/h8-10,25H,6-7,11-12H2,1-5H3/p+1. The van der Waals surface area contributed by atoms with Gasteiger partial charge in [0.05, 0.1) is 32.2 Å². The van der Waals surface area contributed by atoms with Gasteiger partial charge in [-0.15, -0.1) is 11.3 Å². The smallest absolute Gasteiger partial charge is 0.232 e. The summed E-state index contributed by atoms with van der Waals surface area (Å²) in [6.07, 6.45) is 0. The zero-order valence-corrected chi connectivity index (χ0v) is 17.9. The number of aryl methyl sites for hydroxylation is 2. The van der Waals surface area contributed by atoms with E-state index >= 15 is 0 Å². The van der Waals surface area contributed by atoms with E-state index in [4.69, 9.17) is 19.4 Å². The minimum Gasteiger partial charge on any atom is -0.493 e. The normalized spacial score (nSPS) is 11.4. The molecular formula is C21H28N3O3S+. The number of quaternary nitrogens is 1. The van der Waals surface area contributed by atoms with E-state index in [2.05, 4.69) is 27.7 Å². The number of aliphatic hydroxyl groups excluding tert-OH is 1. The fraction of sp³-hybridized carbons (Fsp3) is 0.429. The molecule has 0 unspecified atom stereocenters. The Kier molecular flexibility index (Phi) is 6.49. The molecule has 1 aromatic carbocycles. The van der Waals surface area contributed by atoms with Gasteiger partial charge in [-0.05, 0) is 51.0 Å². The number of thiophene rings is 1. The van der Waals surface area contributed by atoms with Crippen molar-refractivity contribution < 1.29 is 19.5 Å². The molecule has 7 heteroatoms. The van der Waals surface area contributed by atoms with Crippen LogP contribution in [0.5, 0.6) is 17.4 Å². The van der Waals surface area contributed by atoms with Crippen LogP contribution in [0.3, 0.4) is 0 Å². The van der Waals surface area contributed by atoms with Crippen molar-refractivity contribution in [3.05, 3.63) is 40.0 Å². The van der Waals surface area contributed by atoms with Gasteiger partial charge in [-0.2, -0.15) is 4.98 Å². The molecule has 150 valence electrons. The van der Waals surface area contributed by atoms with Crippen molar-refractivity contribution in [2.24, 2.45) is 0 Å². The van der Waals surface area contributed by atoms with Crippen molar-refractivity contribution in [2.75, 3.05) is 20.2 Å². The molecule has 0 spiro atoms. The van der Waals surface area contributed by atoms with Crippen LogP contribution >= 0.6 is 11.3 Å². The molecule has 0 radical (unpaired) electrons. The molecule has 2 heterocycles. The fourth-order valence-corrected chi connectivity index (χ4v) is 4.17. The van der Waals surface area contributed by atoms with Crippen molar-refractivity contribution in [1.29, 1.82) is 0 Å². The highest BCUT2D eigenvalue weighted by atomic mass is 32.1. The number of nitrogens with zero attached hydrogens (tertiary/aromatic N) is 2. The number of benzene rings is 1. The lowest BCUT2D eigenvalue weighted by atomic mass is 10.2. The third kappa shape index (κ3) is 4.11. The Balaban J connectivity index is 2.08. The molecule has 0 saturated carbocycles. The number of methoxy groups -OCH3 is 1. The minimum atomic E-state index is -0.0476. The van der Waals surface area contributed by atoms with Crippen LogP contribution in [0.2, 0.25) is 0 Å². The second kappa shape index (κ2) is 8.86. The Morgan fingerprint density at radius 2 is 1.86 bits per heavy atom. The Morgan fingerprint density at radius 3 is 2.50 bits per heavy atom. The molecule has 0 atom stereocenters. The van der Waals surface area contributed by atoms with E-state index in [0.29, 0.717) is 17.4 Å². The highest BCUT2D eigenvalue weighted by molar-refractivity contribution is 7.18. The van der Waals surface area contributed by atoms with Gasteiger partial charge in [-0.1, -0.05) is 6.07 Å². The molecule has 2 aromatic heterocycles. The second-order valence-electron chi connectivity index (χ2n) is 6.79. The number of aliphatic hydroxyl groups is 1. The van der Waals surface area contributed by atoms with Gasteiger partial charge in [-0.3, -0.25) is 0 Å². The van der Waals surface area contributed by atoms with E-state index in [1.807, 2.05) is 12.1 Å². The Morgan fingerprint density at radius 1 is 1.11 bits per heavy atom. The summed E-state index contributed by atoms with van der Waals surface area (Å²) in [5.41, 5.74) is 1.91. The molecule has 0 aliphatic heterocycles. The van der Waals surface area contributed by atoms with Gasteiger partial charge in [0, 0.05) is 4.88 Å². The maximum absolute atomic E-state index is 9.37. The predicted molar refractivity (Wildman–Crippen MR) is 112 cm³/mol. The maximum atomic E-state index is 9.37. The lowest BCUT2D eigenvalue weighted by Gasteiger charge is -2.16. The summed E-state index contributed by atoms with van der Waals surface area (Å²) in [6, 6.07) is 5.41. The average molecular weight is 403 g/mol. The zero-order chi connectivity index (χ0) is 20.3. The quantitative estimate of drug-likeness (QED) is 0.606. The number of hydrogen-bond donors (Lipinski definition) is 2. The third-order valence-corrected chi connectivity index (χ3v) is 6.17. The average Bonchev–Trinajstić information content (AvgIpc) is 3.00. The first-order chi connectivity index (χ1) is 13.5. The minimum absolute atomic E-state index is 0.0476. The van der Waals surface area contributed by atoms with Crippen molar-refractivity contribution in [1.82, 2.24) is 9.97 Å². The van der Waals surface area contributed by atoms with Crippen LogP contribution in [0.15, 0.2) is 18.2 Å². The Hall–Kier alpha value is -2.22. The molecule has 2 N–H and O–H groups in total. The molecular weight excluding hydrogens is 374 g/mol. The van der Waals surface area contributed by atoms with Crippen LogP contribution in [-0.4, -0.2) is 35.3 Å². The van der Waals surface area contributed by atoms with Gasteiger partial charge in [0.25, 0.3) is 0 Å². The van der Waals surface area contributed by atoms with Crippen LogP contribution in [0.1, 0.15) is 35.7 Å². The molecule has 0 amide bonds. The first-order valence-corrected chi connectivity index (χ1v) is 10.4. The van der Waals surface area contributed by atoms with Crippen LogP contribution < -0.4 is 14.4 Å². The number of ether oxygens (including phenoxy) is 2. The molecule has 28 heavy (non-hydrogen) atoms. The van der Waals surface area contributed by atoms with E-state index in [9.17, 15) is 5.11 Å². The van der Waals surface area contributed by atoms with Gasteiger partial charge >= 0.3 is 0 Å². The van der Waals surface area contributed by atoms with Crippen molar-refractivity contribution in [3.8, 4) is 17.4 Å². The number of aromatic nitrogens is 2. The monoisotopic (exact) mass is 402 g/mol. The highest BCUT2D eigenvalue weighted by Gasteiger charge is 2.19. The van der Waals surface area contributed by atoms with Gasteiger partial charge in [0.1, 0.15) is 11.4 Å². The van der Waals surface area contributed by atoms with Crippen molar-refractivity contribution in [2.45, 2.75) is 40.8 Å². The third-order valence-electron chi connectivity index (χ3n) is 5.07. The lowest BCUT2D eigenvalue weighted by molar-refractivity contribution is -0.910. The number of rotatable bonds is 8. The fourth-order valence-electron chi connectivity index (χ4n) is 3.13. The first kappa shape index (κ1) is 20.5. The van der Waals surface area contributed by atoms with Gasteiger partial charge in [0.15, 0.2) is 17.3 Å². The second-order valence-corrected chi connectivity index (χ2v) is 7.99. The number of hydrogen-bond acceptors (Lipinski definition) is 6. The Labute approximate surface area is 169 Å². The highest BCUT2D eigenvalue weighted by Crippen LogP contribution is 2.39. The SMILES string of the molecule is CC[NH+](CC)Cc1nc(Oc2ccc(CO)cc2OC)c2c(C)c(C)sc2n1. The van der Waals surface area contributed by atoms with Gasteiger partial charge < -0.3 is 19.5 Å². The first-order valence-electron chi connectivity index (χ1n) is 9.56. The molecule has 0 fully saturated rings. The van der Waals surface area contributed by atoms with E-state index in [1.54, 1.807) is 24.5 Å². The van der Waals surface area contributed by atoms with E-state index < -0.39 is 0 Å². The van der Waals surface area contributed by atoms with Crippen LogP contribution in [0, 0.1) is 13.8 Å². The summed E-state index contributed by atoms with van der Waals surface area (Å²) in [5, 5.41) is 10.3. The van der Waals surface area contributed by atoms with Crippen LogP contribution in [0.4, 0.5) is 0 Å². The summed E-state index contributed by atoms with van der Waals surface area (Å²) in [7, 11) is 1.59. The van der Waals surface area contributed by atoms with E-state index in [0.717, 1.165) is 46.8 Å². The lowest BCUT2D eigenvalue weighted by Crippen LogP contribution is -3.10. The molecule has 3 rings (SSSR count). The summed E-state index contributed by atoms with van der Waals surface area (Å²) >= 11 is 1.67. The molecule has 0 aliphatic carbocycles.